The molecule has 0 saturated carbocycles. The smallest absolute Gasteiger partial charge is 0.267 e. The molecule has 0 radical (unpaired) electrons. The number of hydrogen-bond acceptors (Lipinski definition) is 9. The van der Waals surface area contributed by atoms with Gasteiger partial charge in [-0.25, -0.2) is 13.6 Å². The van der Waals surface area contributed by atoms with Gasteiger partial charge in [-0.1, -0.05) is 17.8 Å². The lowest BCUT2D eigenvalue weighted by atomic mass is 10.1. The fraction of sp³-hybridized carbons (Fsp3) is 0.500. The average molecular weight is 497 g/mol. The van der Waals surface area contributed by atoms with E-state index in [1.807, 2.05) is 0 Å². The number of amides is 2. The van der Waals surface area contributed by atoms with Crippen molar-refractivity contribution < 1.29 is 22.7 Å². The van der Waals surface area contributed by atoms with Gasteiger partial charge < -0.3 is 20.3 Å². The minimum atomic E-state index is -3.97. The molecular weight excluding hydrogens is 468 g/mol. The summed E-state index contributed by atoms with van der Waals surface area (Å²) in [6.07, 6.45) is 4.83. The lowest BCUT2D eigenvalue weighted by molar-refractivity contribution is -0.116. The van der Waals surface area contributed by atoms with E-state index in [0.717, 1.165) is 13.0 Å². The fourth-order valence-corrected chi connectivity index (χ4v) is 4.66. The van der Waals surface area contributed by atoms with Crippen molar-refractivity contribution >= 4 is 38.3 Å². The lowest BCUT2D eigenvalue weighted by Gasteiger charge is -2.26. The number of carbonyl (C=O) groups is 2. The molecule has 1 aliphatic rings. The van der Waals surface area contributed by atoms with E-state index in [0.29, 0.717) is 29.3 Å². The van der Waals surface area contributed by atoms with Gasteiger partial charge in [0.2, 0.25) is 15.4 Å². The molecule has 0 aliphatic carbocycles. The molecule has 2 amide bonds. The predicted molar refractivity (Wildman–Crippen MR) is 124 cm³/mol. The van der Waals surface area contributed by atoms with Gasteiger partial charge in [0.15, 0.2) is 0 Å². The monoisotopic (exact) mass is 496 g/mol. The summed E-state index contributed by atoms with van der Waals surface area (Å²) in [6, 6.07) is 6.85. The summed E-state index contributed by atoms with van der Waals surface area (Å²) >= 11 is 0.651. The van der Waals surface area contributed by atoms with Crippen molar-refractivity contribution in [2.45, 2.75) is 36.4 Å². The standard InChI is InChI=1S/C20H28N6O5S2/c21-33(29,30)20-25-24-19(32-20)23-17(27)9-10-22-18(28)15-5-7-16(8-6-15)31-14-4-13-26-11-2-1-3-12-26/h5-8H,1-4,9-14H2,(H,22,28)(H2,21,29,30)(H,23,24,27). The number of anilines is 1. The van der Waals surface area contributed by atoms with Crippen molar-refractivity contribution in [2.24, 2.45) is 5.14 Å². The number of benzene rings is 1. The second-order valence-corrected chi connectivity index (χ2v) is 10.3. The molecule has 1 aliphatic heterocycles. The van der Waals surface area contributed by atoms with Gasteiger partial charge in [-0.05, 0) is 56.6 Å². The largest absolute Gasteiger partial charge is 0.494 e. The molecule has 11 nitrogen and oxygen atoms in total. The summed E-state index contributed by atoms with van der Waals surface area (Å²) in [5, 5.41) is 17.0. The number of piperidine rings is 1. The van der Waals surface area contributed by atoms with Crippen LogP contribution in [0.15, 0.2) is 28.6 Å². The van der Waals surface area contributed by atoms with E-state index in [2.05, 4.69) is 25.7 Å². The van der Waals surface area contributed by atoms with Crippen molar-refractivity contribution in [1.29, 1.82) is 0 Å². The van der Waals surface area contributed by atoms with Crippen molar-refractivity contribution in [1.82, 2.24) is 20.4 Å². The first-order valence-corrected chi connectivity index (χ1v) is 13.1. The van der Waals surface area contributed by atoms with Crippen molar-refractivity contribution in [3.8, 4) is 5.75 Å². The molecule has 0 spiro atoms. The summed E-state index contributed by atoms with van der Waals surface area (Å²) in [7, 11) is -3.97. The predicted octanol–water partition coefficient (Wildman–Crippen LogP) is 1.20. The highest BCUT2D eigenvalue weighted by atomic mass is 32.2. The molecule has 1 aromatic heterocycles. The molecule has 0 atom stereocenters. The number of nitrogens with zero attached hydrogens (tertiary/aromatic N) is 3. The highest BCUT2D eigenvalue weighted by molar-refractivity contribution is 7.91. The number of sulfonamides is 1. The lowest BCUT2D eigenvalue weighted by Crippen LogP contribution is -2.31. The van der Waals surface area contributed by atoms with Crippen molar-refractivity contribution in [3.63, 3.8) is 0 Å². The van der Waals surface area contributed by atoms with Gasteiger partial charge in [-0.15, -0.1) is 10.2 Å². The number of rotatable bonds is 11. The number of primary sulfonamides is 1. The number of likely N-dealkylation sites (tertiary alicyclic amines) is 1. The van der Waals surface area contributed by atoms with E-state index in [1.54, 1.807) is 24.3 Å². The summed E-state index contributed by atoms with van der Waals surface area (Å²) in [4.78, 5) is 26.7. The maximum atomic E-state index is 12.3. The van der Waals surface area contributed by atoms with Crippen LogP contribution in [0, 0.1) is 0 Å². The van der Waals surface area contributed by atoms with Crippen LogP contribution in [-0.2, 0) is 14.8 Å². The van der Waals surface area contributed by atoms with Crippen LogP contribution in [0.4, 0.5) is 5.13 Å². The molecule has 33 heavy (non-hydrogen) atoms. The van der Waals surface area contributed by atoms with Gasteiger partial charge in [0.25, 0.3) is 15.9 Å². The van der Waals surface area contributed by atoms with Crippen LogP contribution in [0.5, 0.6) is 5.75 Å². The Morgan fingerprint density at radius 2 is 1.85 bits per heavy atom. The van der Waals surface area contributed by atoms with Crippen molar-refractivity contribution in [3.05, 3.63) is 29.8 Å². The number of carbonyl (C=O) groups excluding carboxylic acids is 2. The highest BCUT2D eigenvalue weighted by Gasteiger charge is 2.16. The Balaban J connectivity index is 1.33. The Bertz CT molecular complexity index is 1040. The second-order valence-electron chi connectivity index (χ2n) is 7.60. The van der Waals surface area contributed by atoms with Crippen LogP contribution in [-0.4, -0.2) is 68.1 Å². The molecular formula is C20H28N6O5S2. The third-order valence-corrected chi connectivity index (χ3v) is 7.14. The quantitative estimate of drug-likeness (QED) is 0.309. The molecule has 1 saturated heterocycles. The third kappa shape index (κ3) is 8.35. The van der Waals surface area contributed by atoms with E-state index >= 15 is 0 Å². The van der Waals surface area contributed by atoms with Crippen LogP contribution >= 0.6 is 11.3 Å². The van der Waals surface area contributed by atoms with E-state index < -0.39 is 15.9 Å². The molecule has 13 heteroatoms. The van der Waals surface area contributed by atoms with Crippen LogP contribution in [0.3, 0.4) is 0 Å². The summed E-state index contributed by atoms with van der Waals surface area (Å²) in [5.74, 6) is -0.0481. The zero-order chi connectivity index (χ0) is 23.7. The summed E-state index contributed by atoms with van der Waals surface area (Å²) in [5.41, 5.74) is 0.456. The minimum Gasteiger partial charge on any atom is -0.494 e. The van der Waals surface area contributed by atoms with Gasteiger partial charge in [0, 0.05) is 25.1 Å². The van der Waals surface area contributed by atoms with Crippen LogP contribution in [0.2, 0.25) is 0 Å². The first-order chi connectivity index (χ1) is 15.8. The van der Waals surface area contributed by atoms with Gasteiger partial charge in [0.05, 0.1) is 6.61 Å². The Labute approximate surface area is 196 Å². The Kier molecular flexibility index (Phi) is 9.11. The molecule has 1 aromatic carbocycles. The first kappa shape index (κ1) is 25.0. The van der Waals surface area contributed by atoms with Crippen LogP contribution < -0.4 is 20.5 Å². The van der Waals surface area contributed by atoms with E-state index in [1.165, 1.54) is 32.4 Å². The zero-order valence-electron chi connectivity index (χ0n) is 18.2. The van der Waals surface area contributed by atoms with E-state index in [4.69, 9.17) is 9.88 Å². The van der Waals surface area contributed by atoms with E-state index in [-0.39, 0.29) is 28.3 Å². The molecule has 1 fully saturated rings. The van der Waals surface area contributed by atoms with Crippen LogP contribution in [0.1, 0.15) is 42.5 Å². The SMILES string of the molecule is NS(=O)(=O)c1nnc(NC(=O)CCNC(=O)c2ccc(OCCCN3CCCCC3)cc2)s1. The van der Waals surface area contributed by atoms with Gasteiger partial charge >= 0.3 is 0 Å². The number of aromatic nitrogens is 2. The second kappa shape index (κ2) is 12.0. The fourth-order valence-electron chi connectivity index (χ4n) is 3.31. The van der Waals surface area contributed by atoms with Gasteiger partial charge in [-0.3, -0.25) is 9.59 Å². The molecule has 2 aromatic rings. The minimum absolute atomic E-state index is 0.0156. The Hall–Kier alpha value is -2.61. The Morgan fingerprint density at radius 3 is 2.52 bits per heavy atom. The van der Waals surface area contributed by atoms with Crippen molar-refractivity contribution in [2.75, 3.05) is 38.1 Å². The molecule has 2 heterocycles. The van der Waals surface area contributed by atoms with E-state index in [9.17, 15) is 18.0 Å². The number of hydrogen-bond donors (Lipinski definition) is 3. The molecule has 180 valence electrons. The van der Waals surface area contributed by atoms with Gasteiger partial charge in [0.1, 0.15) is 5.75 Å². The highest BCUT2D eigenvalue weighted by Crippen LogP contribution is 2.18. The summed E-state index contributed by atoms with van der Waals surface area (Å²) < 4.78 is 27.7. The maximum absolute atomic E-state index is 12.3. The first-order valence-electron chi connectivity index (χ1n) is 10.7. The zero-order valence-corrected chi connectivity index (χ0v) is 19.8. The molecule has 3 rings (SSSR count). The molecule has 4 N–H and O–H groups in total. The van der Waals surface area contributed by atoms with Crippen LogP contribution in [0.25, 0.3) is 0 Å². The molecule has 0 unspecified atom stereocenters. The topological polar surface area (TPSA) is 157 Å². The normalized spacial score (nSPS) is 14.6. The Morgan fingerprint density at radius 1 is 1.12 bits per heavy atom. The third-order valence-electron chi connectivity index (χ3n) is 4.99. The summed E-state index contributed by atoms with van der Waals surface area (Å²) in [6.45, 7) is 4.12. The average Bonchev–Trinajstić information content (AvgIpc) is 3.27. The maximum Gasteiger partial charge on any atom is 0.267 e. The number of ether oxygens (including phenoxy) is 1. The number of nitrogens with two attached hydrogens (primary N) is 1. The molecule has 0 bridgehead atoms. The number of nitrogens with one attached hydrogen (secondary N) is 2. The van der Waals surface area contributed by atoms with Gasteiger partial charge in [-0.2, -0.15) is 0 Å².